The third-order valence-corrected chi connectivity index (χ3v) is 11.4. The van der Waals surface area contributed by atoms with E-state index in [2.05, 4.69) is 84.5 Å². The van der Waals surface area contributed by atoms with Gasteiger partial charge >= 0.3 is 0 Å². The molecule has 2 fully saturated rings. The van der Waals surface area contributed by atoms with Gasteiger partial charge in [0.2, 0.25) is 11.8 Å². The van der Waals surface area contributed by atoms with Gasteiger partial charge in [0.25, 0.3) is 0 Å². The summed E-state index contributed by atoms with van der Waals surface area (Å²) >= 11 is 0. The molecule has 50 heavy (non-hydrogen) atoms. The number of nitrogens with zero attached hydrogens (tertiary/aromatic N) is 8. The Balaban J connectivity index is 1.38. The number of amides is 1. The lowest BCUT2D eigenvalue weighted by Gasteiger charge is -2.43. The van der Waals surface area contributed by atoms with Gasteiger partial charge in [-0.3, -0.25) is 9.78 Å². The number of rotatable bonds is 8. The van der Waals surface area contributed by atoms with Gasteiger partial charge < -0.3 is 29.2 Å². The SMILES string of the molecule is C=CC(=O)N1CCN(c2nc(OC[C@@H]3CCCN3C)c(-c3c(C)ccnc3C)c3c2CCN(c2cccc4c2CCCN4C)C3)C[C@@H]1CC#N. The summed E-state index contributed by atoms with van der Waals surface area (Å²) in [5, 5.41) is 9.75. The van der Waals surface area contributed by atoms with E-state index in [-0.39, 0.29) is 18.4 Å². The van der Waals surface area contributed by atoms with E-state index in [4.69, 9.17) is 14.7 Å². The Kier molecular flexibility index (Phi) is 9.69. The standard InChI is InChI=1S/C40H50N8O2/c1-6-36(49)48-23-22-47(24-29(48)14-17-41)39-31-16-21-46(35-13-7-12-34-32(35)11-9-20-45(34)5)25-33(31)38(37-27(2)15-18-42-28(37)3)40(43-39)50-26-30-10-8-19-44(30)4/h6-7,12-13,15,18,29-30H,1,8-11,14,16,19-26H2,2-5H3/t29-,30-/m0/s1. The van der Waals surface area contributed by atoms with Gasteiger partial charge in [0, 0.05) is 86.8 Å². The molecule has 2 aromatic heterocycles. The molecule has 10 nitrogen and oxygen atoms in total. The van der Waals surface area contributed by atoms with Crippen molar-refractivity contribution in [2.75, 3.05) is 74.7 Å². The lowest BCUT2D eigenvalue weighted by molar-refractivity contribution is -0.128. The summed E-state index contributed by atoms with van der Waals surface area (Å²) in [6.07, 6.45) is 8.81. The number of aromatic nitrogens is 2. The van der Waals surface area contributed by atoms with E-state index < -0.39 is 0 Å². The average molecular weight is 675 g/mol. The predicted molar refractivity (Wildman–Crippen MR) is 199 cm³/mol. The van der Waals surface area contributed by atoms with E-state index in [1.165, 1.54) is 40.6 Å². The highest BCUT2D eigenvalue weighted by Gasteiger charge is 2.36. The van der Waals surface area contributed by atoms with Crippen molar-refractivity contribution < 1.29 is 9.53 Å². The lowest BCUT2D eigenvalue weighted by Crippen LogP contribution is -2.55. The van der Waals surface area contributed by atoms with Gasteiger partial charge in [-0.15, -0.1) is 0 Å². The second-order valence-corrected chi connectivity index (χ2v) is 14.4. The molecule has 262 valence electrons. The maximum atomic E-state index is 12.8. The number of anilines is 3. The minimum Gasteiger partial charge on any atom is -0.475 e. The molecule has 2 atom stereocenters. The molecule has 3 aromatic rings. The van der Waals surface area contributed by atoms with Crippen molar-refractivity contribution in [3.05, 3.63) is 71.1 Å². The average Bonchev–Trinajstić information content (AvgIpc) is 3.54. The molecule has 1 amide bonds. The van der Waals surface area contributed by atoms with Gasteiger partial charge in [-0.05, 0) is 101 Å². The minimum absolute atomic E-state index is 0.130. The third-order valence-electron chi connectivity index (χ3n) is 11.4. The van der Waals surface area contributed by atoms with Gasteiger partial charge in [-0.2, -0.15) is 10.2 Å². The molecule has 0 spiro atoms. The lowest BCUT2D eigenvalue weighted by atomic mass is 9.88. The van der Waals surface area contributed by atoms with E-state index in [1.807, 2.05) is 6.20 Å². The summed E-state index contributed by atoms with van der Waals surface area (Å²) < 4.78 is 6.89. The number of hydrogen-bond acceptors (Lipinski definition) is 9. The van der Waals surface area contributed by atoms with Crippen LogP contribution in [0.5, 0.6) is 5.88 Å². The number of nitriles is 1. The summed E-state index contributed by atoms with van der Waals surface area (Å²) in [4.78, 5) is 34.4. The smallest absolute Gasteiger partial charge is 0.246 e. The first-order chi connectivity index (χ1) is 24.3. The summed E-state index contributed by atoms with van der Waals surface area (Å²) in [6.45, 7) is 13.9. The third kappa shape index (κ3) is 6.28. The van der Waals surface area contributed by atoms with Crippen molar-refractivity contribution in [1.82, 2.24) is 19.8 Å². The summed E-state index contributed by atoms with van der Waals surface area (Å²) in [5.74, 6) is 1.44. The predicted octanol–water partition coefficient (Wildman–Crippen LogP) is 5.30. The van der Waals surface area contributed by atoms with Crippen LogP contribution in [-0.4, -0.2) is 97.7 Å². The van der Waals surface area contributed by atoms with Crippen LogP contribution in [0.4, 0.5) is 17.2 Å². The van der Waals surface area contributed by atoms with E-state index in [0.717, 1.165) is 80.1 Å². The quantitative estimate of drug-likeness (QED) is 0.296. The number of piperazine rings is 1. The summed E-state index contributed by atoms with van der Waals surface area (Å²) in [5.41, 5.74) is 10.8. The molecule has 1 aromatic carbocycles. The van der Waals surface area contributed by atoms with Crippen LogP contribution >= 0.6 is 0 Å². The van der Waals surface area contributed by atoms with Gasteiger partial charge in [0.05, 0.1) is 24.1 Å². The number of hydrogen-bond donors (Lipinski definition) is 0. The van der Waals surface area contributed by atoms with E-state index in [1.54, 1.807) is 4.90 Å². The molecular weight excluding hydrogens is 624 g/mol. The first kappa shape index (κ1) is 33.9. The first-order valence-electron chi connectivity index (χ1n) is 18.2. The minimum atomic E-state index is -0.247. The van der Waals surface area contributed by atoms with Crippen molar-refractivity contribution in [2.45, 2.75) is 71.0 Å². The van der Waals surface area contributed by atoms with Gasteiger partial charge in [-0.25, -0.2) is 0 Å². The molecule has 10 heteroatoms. The van der Waals surface area contributed by atoms with Crippen LogP contribution in [0.3, 0.4) is 0 Å². The van der Waals surface area contributed by atoms with Gasteiger partial charge in [0.15, 0.2) is 0 Å². The summed E-state index contributed by atoms with van der Waals surface area (Å²) in [6, 6.07) is 11.2. The zero-order valence-electron chi connectivity index (χ0n) is 30.1. The molecule has 0 saturated carbocycles. The fourth-order valence-corrected chi connectivity index (χ4v) is 8.68. The summed E-state index contributed by atoms with van der Waals surface area (Å²) in [7, 11) is 4.38. The van der Waals surface area contributed by atoms with Crippen molar-refractivity contribution in [3.8, 4) is 23.1 Å². The zero-order valence-corrected chi connectivity index (χ0v) is 30.1. The molecule has 2 saturated heterocycles. The van der Waals surface area contributed by atoms with Crippen LogP contribution in [0.2, 0.25) is 0 Å². The van der Waals surface area contributed by atoms with Gasteiger partial charge in [0.1, 0.15) is 12.4 Å². The number of benzene rings is 1. The molecular formula is C40H50N8O2. The Bertz CT molecular complexity index is 1800. The van der Waals surface area contributed by atoms with Crippen molar-refractivity contribution in [2.24, 2.45) is 0 Å². The number of pyridine rings is 2. The normalized spacial score (nSPS) is 20.7. The fourth-order valence-electron chi connectivity index (χ4n) is 8.68. The molecule has 0 radical (unpaired) electrons. The highest BCUT2D eigenvalue weighted by atomic mass is 16.5. The monoisotopic (exact) mass is 674 g/mol. The van der Waals surface area contributed by atoms with E-state index in [0.29, 0.717) is 38.2 Å². The molecule has 4 aliphatic heterocycles. The van der Waals surface area contributed by atoms with Crippen LogP contribution in [0.25, 0.3) is 11.1 Å². The topological polar surface area (TPSA) is 92.1 Å². The largest absolute Gasteiger partial charge is 0.475 e. The highest BCUT2D eigenvalue weighted by Crippen LogP contribution is 2.45. The van der Waals surface area contributed by atoms with Crippen LogP contribution in [0.1, 0.15) is 53.6 Å². The molecule has 6 heterocycles. The Morgan fingerprint density at radius 3 is 2.58 bits per heavy atom. The van der Waals surface area contributed by atoms with Crippen molar-refractivity contribution in [3.63, 3.8) is 0 Å². The van der Waals surface area contributed by atoms with Crippen molar-refractivity contribution in [1.29, 1.82) is 5.26 Å². The molecule has 0 aliphatic carbocycles. The number of carbonyl (C=O) groups is 1. The number of likely N-dealkylation sites (tertiary alicyclic amines) is 1. The van der Waals surface area contributed by atoms with Crippen LogP contribution in [0.15, 0.2) is 43.1 Å². The Hall–Kier alpha value is -4.62. The zero-order chi connectivity index (χ0) is 34.9. The number of carbonyl (C=O) groups excluding carboxylic acids is 1. The second-order valence-electron chi connectivity index (χ2n) is 14.4. The Morgan fingerprint density at radius 2 is 1.82 bits per heavy atom. The molecule has 0 unspecified atom stereocenters. The number of ether oxygens (including phenoxy) is 1. The van der Waals surface area contributed by atoms with Crippen LogP contribution < -0.4 is 19.4 Å². The van der Waals surface area contributed by atoms with Gasteiger partial charge in [-0.1, -0.05) is 12.6 Å². The first-order valence-corrected chi connectivity index (χ1v) is 18.2. The van der Waals surface area contributed by atoms with Crippen molar-refractivity contribution >= 4 is 23.1 Å². The highest BCUT2D eigenvalue weighted by molar-refractivity contribution is 5.87. The fraction of sp³-hybridized carbons (Fsp3) is 0.500. The van der Waals surface area contributed by atoms with E-state index in [9.17, 15) is 10.1 Å². The Labute approximate surface area is 296 Å². The molecule has 4 aliphatic rings. The van der Waals surface area contributed by atoms with Crippen LogP contribution in [0, 0.1) is 25.2 Å². The maximum absolute atomic E-state index is 12.8. The molecule has 0 N–H and O–H groups in total. The Morgan fingerprint density at radius 1 is 0.980 bits per heavy atom. The maximum Gasteiger partial charge on any atom is 0.246 e. The number of fused-ring (bicyclic) bond motifs is 2. The number of aryl methyl sites for hydroxylation is 2. The van der Waals surface area contributed by atoms with E-state index >= 15 is 0 Å². The second kappa shape index (κ2) is 14.3. The molecule has 0 bridgehead atoms. The molecule has 7 rings (SSSR count). The van der Waals surface area contributed by atoms with Crippen LogP contribution in [-0.2, 0) is 24.2 Å². The number of likely N-dealkylation sites (N-methyl/N-ethyl adjacent to an activating group) is 1.